The number of benzene rings is 1. The second kappa shape index (κ2) is 4.19. The van der Waals surface area contributed by atoms with E-state index in [0.717, 1.165) is 18.4 Å². The van der Waals surface area contributed by atoms with Gasteiger partial charge in [-0.25, -0.2) is 4.39 Å². The van der Waals surface area contributed by atoms with Crippen molar-refractivity contribution in [3.05, 3.63) is 29.6 Å². The number of nitrogens with one attached hydrogen (secondary N) is 1. The third-order valence-electron chi connectivity index (χ3n) is 3.00. The summed E-state index contributed by atoms with van der Waals surface area (Å²) in [7, 11) is 0. The van der Waals surface area contributed by atoms with Crippen LogP contribution in [0, 0.1) is 11.7 Å². The highest BCUT2D eigenvalue weighted by molar-refractivity contribution is 5.57. The molecule has 15 heavy (non-hydrogen) atoms. The summed E-state index contributed by atoms with van der Waals surface area (Å²) in [6.45, 7) is 2.82. The van der Waals surface area contributed by atoms with Gasteiger partial charge in [0.15, 0.2) is 0 Å². The number of para-hydroxylation sites is 1. The maximum atomic E-state index is 13.4. The van der Waals surface area contributed by atoms with Gasteiger partial charge in [-0.1, -0.05) is 19.1 Å². The van der Waals surface area contributed by atoms with E-state index < -0.39 is 0 Å². The largest absolute Gasteiger partial charge is 0.379 e. The molecule has 0 radical (unpaired) electrons. The molecule has 82 valence electrons. The SMILES string of the molecule is CC(CN)CC1Cc2cccc(F)c2N1. The molecule has 1 aliphatic heterocycles. The number of fused-ring (bicyclic) bond motifs is 1. The molecule has 1 aromatic carbocycles. The molecule has 0 spiro atoms. The Morgan fingerprint density at radius 3 is 3.07 bits per heavy atom. The molecule has 1 aromatic rings. The Labute approximate surface area is 89.7 Å². The summed E-state index contributed by atoms with van der Waals surface area (Å²) >= 11 is 0. The van der Waals surface area contributed by atoms with E-state index >= 15 is 0 Å². The molecule has 3 heteroatoms. The first-order valence-electron chi connectivity index (χ1n) is 5.44. The monoisotopic (exact) mass is 208 g/mol. The maximum Gasteiger partial charge on any atom is 0.146 e. The molecule has 0 bridgehead atoms. The molecule has 2 nitrogen and oxygen atoms in total. The van der Waals surface area contributed by atoms with Crippen molar-refractivity contribution in [2.45, 2.75) is 25.8 Å². The third-order valence-corrected chi connectivity index (χ3v) is 3.00. The molecule has 1 heterocycles. The van der Waals surface area contributed by atoms with E-state index in [2.05, 4.69) is 12.2 Å². The van der Waals surface area contributed by atoms with Crippen LogP contribution in [0.2, 0.25) is 0 Å². The van der Waals surface area contributed by atoms with Gasteiger partial charge in [-0.15, -0.1) is 0 Å². The molecular formula is C12H17FN2. The highest BCUT2D eigenvalue weighted by Gasteiger charge is 2.23. The van der Waals surface area contributed by atoms with Gasteiger partial charge in [0.2, 0.25) is 0 Å². The standard InChI is InChI=1S/C12H17FN2/c1-8(7-14)5-10-6-9-3-2-4-11(13)12(9)15-10/h2-4,8,10,15H,5-7,14H2,1H3. The minimum absolute atomic E-state index is 0.143. The van der Waals surface area contributed by atoms with E-state index in [1.807, 2.05) is 6.07 Å². The zero-order valence-electron chi connectivity index (χ0n) is 8.96. The molecule has 3 N–H and O–H groups in total. The number of rotatable bonds is 3. The van der Waals surface area contributed by atoms with Crippen molar-refractivity contribution in [1.29, 1.82) is 0 Å². The van der Waals surface area contributed by atoms with Crippen molar-refractivity contribution >= 4 is 5.69 Å². The van der Waals surface area contributed by atoms with E-state index in [0.29, 0.717) is 24.2 Å². The second-order valence-electron chi connectivity index (χ2n) is 4.40. The van der Waals surface area contributed by atoms with Crippen molar-refractivity contribution in [2.75, 3.05) is 11.9 Å². The Morgan fingerprint density at radius 2 is 2.40 bits per heavy atom. The molecule has 2 unspecified atom stereocenters. The molecule has 0 fully saturated rings. The fraction of sp³-hybridized carbons (Fsp3) is 0.500. The van der Waals surface area contributed by atoms with E-state index in [1.54, 1.807) is 6.07 Å². The molecule has 0 aliphatic carbocycles. The van der Waals surface area contributed by atoms with Crippen LogP contribution in [0.5, 0.6) is 0 Å². The van der Waals surface area contributed by atoms with Gasteiger partial charge in [-0.3, -0.25) is 0 Å². The number of hydrogen-bond donors (Lipinski definition) is 2. The topological polar surface area (TPSA) is 38.0 Å². The van der Waals surface area contributed by atoms with Crippen molar-refractivity contribution < 1.29 is 4.39 Å². The highest BCUT2D eigenvalue weighted by Crippen LogP contribution is 2.30. The number of nitrogens with two attached hydrogens (primary N) is 1. The molecule has 0 saturated heterocycles. The summed E-state index contributed by atoms with van der Waals surface area (Å²) in [6, 6.07) is 5.60. The van der Waals surface area contributed by atoms with Gasteiger partial charge in [0.05, 0.1) is 5.69 Å². The predicted octanol–water partition coefficient (Wildman–Crippen LogP) is 2.15. The van der Waals surface area contributed by atoms with Crippen molar-refractivity contribution in [1.82, 2.24) is 0 Å². The molecule has 2 rings (SSSR count). The Hall–Kier alpha value is -1.09. The van der Waals surface area contributed by atoms with Crippen molar-refractivity contribution in [2.24, 2.45) is 11.7 Å². The van der Waals surface area contributed by atoms with E-state index in [4.69, 9.17) is 5.73 Å². The van der Waals surface area contributed by atoms with Gasteiger partial charge in [0.1, 0.15) is 5.82 Å². The maximum absolute atomic E-state index is 13.4. The molecule has 0 aromatic heterocycles. The normalized spacial score (nSPS) is 20.9. The minimum atomic E-state index is -0.143. The molecular weight excluding hydrogens is 191 g/mol. The highest BCUT2D eigenvalue weighted by atomic mass is 19.1. The first kappa shape index (κ1) is 10.4. The minimum Gasteiger partial charge on any atom is -0.379 e. The Kier molecular flexibility index (Phi) is 2.91. The van der Waals surface area contributed by atoms with Crippen LogP contribution in [0.4, 0.5) is 10.1 Å². The van der Waals surface area contributed by atoms with Crippen LogP contribution >= 0.6 is 0 Å². The van der Waals surface area contributed by atoms with Gasteiger partial charge in [-0.2, -0.15) is 0 Å². The molecule has 2 atom stereocenters. The quantitative estimate of drug-likeness (QED) is 0.798. The smallest absolute Gasteiger partial charge is 0.146 e. The Morgan fingerprint density at radius 1 is 1.60 bits per heavy atom. The zero-order chi connectivity index (χ0) is 10.8. The first-order valence-corrected chi connectivity index (χ1v) is 5.44. The summed E-state index contributed by atoms with van der Waals surface area (Å²) < 4.78 is 13.4. The van der Waals surface area contributed by atoms with E-state index in [9.17, 15) is 4.39 Å². The lowest BCUT2D eigenvalue weighted by atomic mass is 9.99. The fourth-order valence-electron chi connectivity index (χ4n) is 2.15. The van der Waals surface area contributed by atoms with Gasteiger partial charge in [0.25, 0.3) is 0 Å². The Bertz CT molecular complexity index is 351. The fourth-order valence-corrected chi connectivity index (χ4v) is 2.15. The number of anilines is 1. The molecule has 0 saturated carbocycles. The van der Waals surface area contributed by atoms with Gasteiger partial charge in [-0.05, 0) is 36.9 Å². The summed E-state index contributed by atoms with van der Waals surface area (Å²) in [6.07, 6.45) is 1.92. The summed E-state index contributed by atoms with van der Waals surface area (Å²) in [5.41, 5.74) is 7.36. The lowest BCUT2D eigenvalue weighted by molar-refractivity contribution is 0.496. The van der Waals surface area contributed by atoms with Crippen molar-refractivity contribution in [3.63, 3.8) is 0 Å². The average Bonchev–Trinajstić information content (AvgIpc) is 2.62. The van der Waals surface area contributed by atoms with E-state index in [-0.39, 0.29) is 5.82 Å². The molecule has 0 amide bonds. The zero-order valence-corrected chi connectivity index (χ0v) is 8.96. The van der Waals surface area contributed by atoms with Crippen molar-refractivity contribution in [3.8, 4) is 0 Å². The van der Waals surface area contributed by atoms with Gasteiger partial charge in [0, 0.05) is 6.04 Å². The number of halogens is 1. The van der Waals surface area contributed by atoms with Crippen LogP contribution < -0.4 is 11.1 Å². The number of hydrogen-bond acceptors (Lipinski definition) is 2. The van der Waals surface area contributed by atoms with Crippen LogP contribution in [0.25, 0.3) is 0 Å². The Balaban J connectivity index is 2.06. The summed E-state index contributed by atoms with van der Waals surface area (Å²) in [5.74, 6) is 0.343. The summed E-state index contributed by atoms with van der Waals surface area (Å²) in [4.78, 5) is 0. The second-order valence-corrected chi connectivity index (χ2v) is 4.40. The van der Waals surface area contributed by atoms with Crippen LogP contribution in [0.3, 0.4) is 0 Å². The lowest BCUT2D eigenvalue weighted by Crippen LogP contribution is -2.23. The third kappa shape index (κ3) is 2.12. The predicted molar refractivity (Wildman–Crippen MR) is 60.4 cm³/mol. The molecule has 1 aliphatic rings. The van der Waals surface area contributed by atoms with Gasteiger partial charge < -0.3 is 11.1 Å². The first-order chi connectivity index (χ1) is 7.20. The average molecular weight is 208 g/mol. The van der Waals surface area contributed by atoms with Crippen LogP contribution in [0.1, 0.15) is 18.9 Å². The van der Waals surface area contributed by atoms with Crippen LogP contribution in [-0.2, 0) is 6.42 Å². The van der Waals surface area contributed by atoms with Crippen LogP contribution in [0.15, 0.2) is 18.2 Å². The van der Waals surface area contributed by atoms with Crippen LogP contribution in [-0.4, -0.2) is 12.6 Å². The van der Waals surface area contributed by atoms with Gasteiger partial charge >= 0.3 is 0 Å². The summed E-state index contributed by atoms with van der Waals surface area (Å²) in [5, 5.41) is 3.24. The van der Waals surface area contributed by atoms with E-state index in [1.165, 1.54) is 6.07 Å². The lowest BCUT2D eigenvalue weighted by Gasteiger charge is -2.15.